The summed E-state index contributed by atoms with van der Waals surface area (Å²) in [7, 11) is 1.55. The van der Waals surface area contributed by atoms with E-state index in [1.165, 1.54) is 0 Å². The molecule has 20 heavy (non-hydrogen) atoms. The van der Waals surface area contributed by atoms with E-state index < -0.39 is 23.7 Å². The average molecular weight is 293 g/mol. The number of carboxylic acids is 1. The molecule has 1 aliphatic heterocycles. The lowest BCUT2D eigenvalue weighted by atomic mass is 10.2. The summed E-state index contributed by atoms with van der Waals surface area (Å²) in [6.45, 7) is -0.620. The number of carbonyl (C=O) groups excluding carboxylic acids is 2. The van der Waals surface area contributed by atoms with Gasteiger partial charge in [0.05, 0.1) is 12.0 Å². The summed E-state index contributed by atoms with van der Waals surface area (Å²) >= 11 is 0.733. The molecule has 0 aromatic heterocycles. The maximum absolute atomic E-state index is 11.9. The van der Waals surface area contributed by atoms with E-state index >= 15 is 0 Å². The molecule has 1 fully saturated rings. The van der Waals surface area contributed by atoms with Crippen molar-refractivity contribution in [3.8, 4) is 5.75 Å². The van der Waals surface area contributed by atoms with Crippen LogP contribution in [0.2, 0.25) is 0 Å². The third kappa shape index (κ3) is 3.00. The van der Waals surface area contributed by atoms with Gasteiger partial charge in [0.25, 0.3) is 11.1 Å². The van der Waals surface area contributed by atoms with Gasteiger partial charge in [-0.2, -0.15) is 0 Å². The van der Waals surface area contributed by atoms with Crippen LogP contribution < -0.4 is 4.74 Å². The quantitative estimate of drug-likeness (QED) is 0.852. The maximum Gasteiger partial charge on any atom is 0.323 e. The molecule has 1 aromatic carbocycles. The standard InChI is InChI=1S/C13H11NO5S/c1-19-9-4-2-8(3-5-9)6-10-12(17)14(7-11(15)16)13(18)20-10/h2-6H,7H2,1H3,(H,15,16)/b10-6-. The number of nitrogens with zero attached hydrogens (tertiary/aromatic N) is 1. The van der Waals surface area contributed by atoms with Crippen LogP contribution in [0, 0.1) is 0 Å². The van der Waals surface area contributed by atoms with Crippen LogP contribution in [-0.4, -0.2) is 40.8 Å². The van der Waals surface area contributed by atoms with Crippen LogP contribution in [0.15, 0.2) is 29.2 Å². The molecule has 0 bridgehead atoms. The molecule has 0 saturated carbocycles. The fraction of sp³-hybridized carbons (Fsp3) is 0.154. The summed E-state index contributed by atoms with van der Waals surface area (Å²) < 4.78 is 5.02. The van der Waals surface area contributed by atoms with E-state index in [1.807, 2.05) is 0 Å². The Bertz CT molecular complexity index is 593. The van der Waals surface area contributed by atoms with Crippen molar-refractivity contribution in [3.05, 3.63) is 34.7 Å². The highest BCUT2D eigenvalue weighted by Gasteiger charge is 2.36. The van der Waals surface area contributed by atoms with Gasteiger partial charge in [-0.3, -0.25) is 19.3 Å². The number of benzene rings is 1. The predicted octanol–water partition coefficient (Wildman–Crippen LogP) is 1.82. The third-order valence-electron chi connectivity index (χ3n) is 2.58. The molecule has 1 saturated heterocycles. The van der Waals surface area contributed by atoms with Crippen molar-refractivity contribution in [1.82, 2.24) is 4.90 Å². The lowest BCUT2D eigenvalue weighted by Gasteiger charge is -2.07. The normalized spacial score (nSPS) is 16.9. The predicted molar refractivity (Wildman–Crippen MR) is 73.3 cm³/mol. The van der Waals surface area contributed by atoms with Crippen molar-refractivity contribution in [3.63, 3.8) is 0 Å². The van der Waals surface area contributed by atoms with E-state index in [9.17, 15) is 14.4 Å². The Morgan fingerprint density at radius 2 is 2.00 bits per heavy atom. The molecule has 0 radical (unpaired) electrons. The molecule has 1 aliphatic rings. The summed E-state index contributed by atoms with van der Waals surface area (Å²) in [6.07, 6.45) is 1.55. The van der Waals surface area contributed by atoms with Gasteiger partial charge < -0.3 is 9.84 Å². The molecule has 0 unspecified atom stereocenters. The lowest BCUT2D eigenvalue weighted by Crippen LogP contribution is -2.33. The second-order valence-electron chi connectivity index (χ2n) is 3.93. The van der Waals surface area contributed by atoms with Crippen molar-refractivity contribution < 1.29 is 24.2 Å². The number of ether oxygens (including phenoxy) is 1. The van der Waals surface area contributed by atoms with Gasteiger partial charge in [-0.25, -0.2) is 0 Å². The van der Waals surface area contributed by atoms with E-state index in [4.69, 9.17) is 9.84 Å². The number of aliphatic carboxylic acids is 1. The molecule has 6 nitrogen and oxygen atoms in total. The molecule has 1 heterocycles. The topological polar surface area (TPSA) is 83.9 Å². The van der Waals surface area contributed by atoms with E-state index in [2.05, 4.69) is 0 Å². The number of hydrogen-bond acceptors (Lipinski definition) is 5. The first kappa shape index (κ1) is 14.1. The van der Waals surface area contributed by atoms with Crippen LogP contribution in [0.25, 0.3) is 6.08 Å². The summed E-state index contributed by atoms with van der Waals surface area (Å²) in [4.78, 5) is 35.0. The number of imide groups is 1. The van der Waals surface area contributed by atoms with E-state index in [1.54, 1.807) is 37.5 Å². The summed E-state index contributed by atoms with van der Waals surface area (Å²) in [5.74, 6) is -1.13. The molecule has 2 rings (SSSR count). The van der Waals surface area contributed by atoms with Crippen molar-refractivity contribution in [2.24, 2.45) is 0 Å². The Balaban J connectivity index is 2.20. The van der Waals surface area contributed by atoms with Crippen LogP contribution in [-0.2, 0) is 9.59 Å². The molecule has 2 amide bonds. The molecule has 1 N–H and O–H groups in total. The summed E-state index contributed by atoms with van der Waals surface area (Å²) in [6, 6.07) is 6.94. The smallest absolute Gasteiger partial charge is 0.323 e. The zero-order valence-electron chi connectivity index (χ0n) is 10.5. The van der Waals surface area contributed by atoms with Gasteiger partial charge in [0, 0.05) is 0 Å². The number of thioether (sulfide) groups is 1. The first-order valence-electron chi connectivity index (χ1n) is 5.62. The number of rotatable bonds is 4. The van der Waals surface area contributed by atoms with E-state index in [0.717, 1.165) is 17.3 Å². The van der Waals surface area contributed by atoms with Crippen molar-refractivity contribution in [2.45, 2.75) is 0 Å². The number of amides is 2. The Labute approximate surface area is 119 Å². The van der Waals surface area contributed by atoms with Crippen LogP contribution in [0.5, 0.6) is 5.75 Å². The second kappa shape index (κ2) is 5.79. The van der Waals surface area contributed by atoms with Gasteiger partial charge in [0.15, 0.2) is 0 Å². The molecule has 0 aliphatic carbocycles. The van der Waals surface area contributed by atoms with Crippen LogP contribution in [0.4, 0.5) is 4.79 Å². The van der Waals surface area contributed by atoms with Crippen molar-refractivity contribution in [1.29, 1.82) is 0 Å². The number of carboxylic acid groups (broad SMARTS) is 1. The van der Waals surface area contributed by atoms with Gasteiger partial charge in [-0.1, -0.05) is 12.1 Å². The number of methoxy groups -OCH3 is 1. The minimum atomic E-state index is -1.22. The molecule has 1 aromatic rings. The van der Waals surface area contributed by atoms with Gasteiger partial charge in [-0.05, 0) is 35.5 Å². The first-order chi connectivity index (χ1) is 9.51. The van der Waals surface area contributed by atoms with Gasteiger partial charge in [-0.15, -0.1) is 0 Å². The van der Waals surface area contributed by atoms with E-state index in [0.29, 0.717) is 10.6 Å². The largest absolute Gasteiger partial charge is 0.497 e. The van der Waals surface area contributed by atoms with Gasteiger partial charge in [0.2, 0.25) is 0 Å². The van der Waals surface area contributed by atoms with E-state index in [-0.39, 0.29) is 4.91 Å². The van der Waals surface area contributed by atoms with Crippen molar-refractivity contribution in [2.75, 3.05) is 13.7 Å². The maximum atomic E-state index is 11.9. The monoisotopic (exact) mass is 293 g/mol. The highest BCUT2D eigenvalue weighted by molar-refractivity contribution is 8.18. The van der Waals surface area contributed by atoms with Gasteiger partial charge in [0.1, 0.15) is 12.3 Å². The minimum absolute atomic E-state index is 0.210. The van der Waals surface area contributed by atoms with Crippen LogP contribution in [0.1, 0.15) is 5.56 Å². The third-order valence-corrected chi connectivity index (χ3v) is 3.49. The SMILES string of the molecule is COc1ccc(/C=C2\SC(=O)N(CC(=O)O)C2=O)cc1. The molecule has 0 spiro atoms. The number of carbonyl (C=O) groups is 3. The Hall–Kier alpha value is -2.28. The molecule has 104 valence electrons. The summed E-state index contributed by atoms with van der Waals surface area (Å²) in [5, 5.41) is 8.08. The number of hydrogen-bond donors (Lipinski definition) is 1. The van der Waals surface area contributed by atoms with Gasteiger partial charge >= 0.3 is 5.97 Å². The Kier molecular flexibility index (Phi) is 4.09. The average Bonchev–Trinajstić information content (AvgIpc) is 2.67. The highest BCUT2D eigenvalue weighted by Crippen LogP contribution is 2.32. The molecule has 0 atom stereocenters. The molecule has 7 heteroatoms. The molecular formula is C13H11NO5S. The fourth-order valence-electron chi connectivity index (χ4n) is 1.62. The summed E-state index contributed by atoms with van der Waals surface area (Å²) in [5.41, 5.74) is 0.728. The Morgan fingerprint density at radius 3 is 2.55 bits per heavy atom. The Morgan fingerprint density at radius 1 is 1.35 bits per heavy atom. The zero-order chi connectivity index (χ0) is 14.7. The van der Waals surface area contributed by atoms with Crippen molar-refractivity contribution >= 4 is 35.0 Å². The minimum Gasteiger partial charge on any atom is -0.497 e. The second-order valence-corrected chi connectivity index (χ2v) is 4.93. The van der Waals surface area contributed by atoms with Crippen LogP contribution in [0.3, 0.4) is 0 Å². The van der Waals surface area contributed by atoms with Crippen LogP contribution >= 0.6 is 11.8 Å². The lowest BCUT2D eigenvalue weighted by molar-refractivity contribution is -0.140. The first-order valence-corrected chi connectivity index (χ1v) is 6.44. The molecular weight excluding hydrogens is 282 g/mol. The zero-order valence-corrected chi connectivity index (χ0v) is 11.3. The highest BCUT2D eigenvalue weighted by atomic mass is 32.2. The fourth-order valence-corrected chi connectivity index (χ4v) is 2.46.